The first-order valence-electron chi connectivity index (χ1n) is 4.63. The summed E-state index contributed by atoms with van der Waals surface area (Å²) in [5.74, 6) is -0.967. The van der Waals surface area contributed by atoms with Crippen LogP contribution in [0, 0.1) is 0 Å². The quantitative estimate of drug-likeness (QED) is 0.917. The van der Waals surface area contributed by atoms with E-state index in [1.807, 2.05) is 24.3 Å². The number of hydrogen-bond donors (Lipinski definition) is 1. The standard InChI is InChI=1S/C12H8BrNO2/c13-9-5-3-8(4-6-9)11-10(12(15)16)2-1-7-14-11/h1-7H,(H,15,16). The van der Waals surface area contributed by atoms with Crippen molar-refractivity contribution in [2.45, 2.75) is 0 Å². The maximum atomic E-state index is 11.0. The van der Waals surface area contributed by atoms with Crippen molar-refractivity contribution < 1.29 is 9.90 Å². The van der Waals surface area contributed by atoms with Gasteiger partial charge in [-0.15, -0.1) is 0 Å². The molecular weight excluding hydrogens is 270 g/mol. The molecule has 4 heteroatoms. The van der Waals surface area contributed by atoms with Crippen LogP contribution in [0.3, 0.4) is 0 Å². The molecule has 1 aromatic heterocycles. The number of benzene rings is 1. The largest absolute Gasteiger partial charge is 0.478 e. The molecule has 1 heterocycles. The highest BCUT2D eigenvalue weighted by molar-refractivity contribution is 9.10. The van der Waals surface area contributed by atoms with E-state index in [2.05, 4.69) is 20.9 Å². The van der Waals surface area contributed by atoms with Crippen LogP contribution in [-0.2, 0) is 0 Å². The maximum Gasteiger partial charge on any atom is 0.337 e. The van der Waals surface area contributed by atoms with Gasteiger partial charge in [-0.05, 0) is 24.3 Å². The van der Waals surface area contributed by atoms with Crippen LogP contribution in [0.15, 0.2) is 47.1 Å². The number of hydrogen-bond acceptors (Lipinski definition) is 2. The Morgan fingerprint density at radius 2 is 1.88 bits per heavy atom. The molecule has 0 saturated heterocycles. The molecule has 0 fully saturated rings. The number of carboxylic acid groups (broad SMARTS) is 1. The van der Waals surface area contributed by atoms with E-state index in [1.54, 1.807) is 18.3 Å². The number of nitrogens with zero attached hydrogens (tertiary/aromatic N) is 1. The van der Waals surface area contributed by atoms with E-state index in [1.165, 1.54) is 0 Å². The fourth-order valence-corrected chi connectivity index (χ4v) is 1.68. The molecule has 0 bridgehead atoms. The highest BCUT2D eigenvalue weighted by atomic mass is 79.9. The first-order valence-corrected chi connectivity index (χ1v) is 5.42. The molecule has 0 spiro atoms. The summed E-state index contributed by atoms with van der Waals surface area (Å²) >= 11 is 3.33. The Balaban J connectivity index is 2.55. The summed E-state index contributed by atoms with van der Waals surface area (Å²) in [6, 6.07) is 10.5. The second-order valence-corrected chi connectivity index (χ2v) is 4.13. The van der Waals surface area contributed by atoms with Gasteiger partial charge in [-0.25, -0.2) is 4.79 Å². The normalized spacial score (nSPS) is 10.1. The summed E-state index contributed by atoms with van der Waals surface area (Å²) in [5.41, 5.74) is 1.49. The van der Waals surface area contributed by atoms with Gasteiger partial charge in [-0.3, -0.25) is 4.98 Å². The molecule has 0 atom stereocenters. The zero-order valence-corrected chi connectivity index (χ0v) is 9.81. The highest BCUT2D eigenvalue weighted by Gasteiger charge is 2.11. The van der Waals surface area contributed by atoms with E-state index < -0.39 is 5.97 Å². The summed E-state index contributed by atoms with van der Waals surface area (Å²) in [6.45, 7) is 0. The van der Waals surface area contributed by atoms with Crippen LogP contribution in [0.5, 0.6) is 0 Å². The van der Waals surface area contributed by atoms with Crippen molar-refractivity contribution in [3.63, 3.8) is 0 Å². The van der Waals surface area contributed by atoms with Crippen LogP contribution in [0.1, 0.15) is 10.4 Å². The summed E-state index contributed by atoms with van der Waals surface area (Å²) < 4.78 is 0.948. The number of pyridine rings is 1. The summed E-state index contributed by atoms with van der Waals surface area (Å²) in [7, 11) is 0. The molecule has 3 nitrogen and oxygen atoms in total. The van der Waals surface area contributed by atoms with Crippen LogP contribution in [0.4, 0.5) is 0 Å². The van der Waals surface area contributed by atoms with Crippen molar-refractivity contribution in [1.82, 2.24) is 4.98 Å². The molecule has 16 heavy (non-hydrogen) atoms. The molecule has 0 aliphatic carbocycles. The monoisotopic (exact) mass is 277 g/mol. The molecule has 2 rings (SSSR count). The first-order chi connectivity index (χ1) is 7.68. The lowest BCUT2D eigenvalue weighted by Gasteiger charge is -2.04. The zero-order chi connectivity index (χ0) is 11.5. The number of aromatic nitrogens is 1. The molecule has 0 amide bonds. The second-order valence-electron chi connectivity index (χ2n) is 3.21. The molecular formula is C12H8BrNO2. The Morgan fingerprint density at radius 3 is 2.50 bits per heavy atom. The highest BCUT2D eigenvalue weighted by Crippen LogP contribution is 2.22. The zero-order valence-electron chi connectivity index (χ0n) is 8.22. The van der Waals surface area contributed by atoms with E-state index in [-0.39, 0.29) is 5.56 Å². The summed E-state index contributed by atoms with van der Waals surface area (Å²) in [4.78, 5) is 15.1. The second kappa shape index (κ2) is 4.45. The Kier molecular flexibility index (Phi) is 3.01. The van der Waals surface area contributed by atoms with Crippen LogP contribution in [0.2, 0.25) is 0 Å². The smallest absolute Gasteiger partial charge is 0.337 e. The van der Waals surface area contributed by atoms with Crippen molar-refractivity contribution in [2.24, 2.45) is 0 Å². The molecule has 0 saturated carbocycles. The molecule has 2 aromatic rings. The van der Waals surface area contributed by atoms with Crippen LogP contribution in [-0.4, -0.2) is 16.1 Å². The van der Waals surface area contributed by atoms with Crippen LogP contribution < -0.4 is 0 Å². The number of halogens is 1. The van der Waals surface area contributed by atoms with Gasteiger partial charge in [0.15, 0.2) is 0 Å². The van der Waals surface area contributed by atoms with Gasteiger partial charge in [0, 0.05) is 16.2 Å². The predicted molar refractivity (Wildman–Crippen MR) is 64.3 cm³/mol. The van der Waals surface area contributed by atoms with Crippen molar-refractivity contribution in [1.29, 1.82) is 0 Å². The van der Waals surface area contributed by atoms with E-state index in [0.29, 0.717) is 5.69 Å². The Bertz CT molecular complexity index is 523. The predicted octanol–water partition coefficient (Wildman–Crippen LogP) is 3.21. The average Bonchev–Trinajstić information content (AvgIpc) is 2.30. The topological polar surface area (TPSA) is 50.2 Å². The van der Waals surface area contributed by atoms with Crippen molar-refractivity contribution >= 4 is 21.9 Å². The molecule has 0 aliphatic heterocycles. The van der Waals surface area contributed by atoms with Crippen LogP contribution in [0.25, 0.3) is 11.3 Å². The van der Waals surface area contributed by atoms with E-state index in [9.17, 15) is 4.79 Å². The minimum Gasteiger partial charge on any atom is -0.478 e. The minimum atomic E-state index is -0.967. The van der Waals surface area contributed by atoms with Crippen molar-refractivity contribution in [3.8, 4) is 11.3 Å². The number of carboxylic acids is 1. The molecule has 0 aliphatic rings. The van der Waals surface area contributed by atoms with E-state index >= 15 is 0 Å². The summed E-state index contributed by atoms with van der Waals surface area (Å²) in [6.07, 6.45) is 1.59. The van der Waals surface area contributed by atoms with Gasteiger partial charge in [0.25, 0.3) is 0 Å². The Labute approximate surface area is 101 Å². The van der Waals surface area contributed by atoms with Crippen molar-refractivity contribution in [3.05, 3.63) is 52.6 Å². The fraction of sp³-hybridized carbons (Fsp3) is 0. The van der Waals surface area contributed by atoms with Gasteiger partial charge in [-0.2, -0.15) is 0 Å². The van der Waals surface area contributed by atoms with E-state index in [0.717, 1.165) is 10.0 Å². The molecule has 0 radical (unpaired) electrons. The fourth-order valence-electron chi connectivity index (χ4n) is 1.42. The third kappa shape index (κ3) is 2.12. The number of carbonyl (C=O) groups is 1. The maximum absolute atomic E-state index is 11.0. The lowest BCUT2D eigenvalue weighted by molar-refractivity contribution is 0.0697. The van der Waals surface area contributed by atoms with Gasteiger partial charge in [0.05, 0.1) is 11.3 Å². The SMILES string of the molecule is O=C(O)c1cccnc1-c1ccc(Br)cc1. The molecule has 0 unspecified atom stereocenters. The number of aromatic carboxylic acids is 1. The van der Waals surface area contributed by atoms with Gasteiger partial charge in [0.2, 0.25) is 0 Å². The molecule has 1 aromatic carbocycles. The van der Waals surface area contributed by atoms with Crippen LogP contribution >= 0.6 is 15.9 Å². The Morgan fingerprint density at radius 1 is 1.19 bits per heavy atom. The van der Waals surface area contributed by atoms with Gasteiger partial charge < -0.3 is 5.11 Å². The number of rotatable bonds is 2. The van der Waals surface area contributed by atoms with E-state index in [4.69, 9.17) is 5.11 Å². The summed E-state index contributed by atoms with van der Waals surface area (Å²) in [5, 5.41) is 9.03. The lowest BCUT2D eigenvalue weighted by Crippen LogP contribution is -2.00. The van der Waals surface area contributed by atoms with Crippen molar-refractivity contribution in [2.75, 3.05) is 0 Å². The lowest BCUT2D eigenvalue weighted by atomic mass is 10.1. The third-order valence-corrected chi connectivity index (χ3v) is 2.68. The molecule has 1 N–H and O–H groups in total. The van der Waals surface area contributed by atoms with Gasteiger partial charge in [0.1, 0.15) is 0 Å². The first kappa shape index (κ1) is 10.8. The van der Waals surface area contributed by atoms with Gasteiger partial charge >= 0.3 is 5.97 Å². The third-order valence-electron chi connectivity index (χ3n) is 2.16. The average molecular weight is 278 g/mol. The Hall–Kier alpha value is -1.68. The molecule has 80 valence electrons. The minimum absolute atomic E-state index is 0.213. The van der Waals surface area contributed by atoms with Gasteiger partial charge in [-0.1, -0.05) is 28.1 Å².